The van der Waals surface area contributed by atoms with E-state index in [0.29, 0.717) is 25.2 Å². The van der Waals surface area contributed by atoms with Gasteiger partial charge in [-0.25, -0.2) is 8.42 Å². The average molecular weight is 497 g/mol. The number of amides is 1. The molecule has 35 heavy (non-hydrogen) atoms. The lowest BCUT2D eigenvalue weighted by molar-refractivity contribution is -0.147. The van der Waals surface area contributed by atoms with Crippen molar-refractivity contribution in [2.45, 2.75) is 43.4 Å². The maximum absolute atomic E-state index is 12.7. The summed E-state index contributed by atoms with van der Waals surface area (Å²) in [7, 11) is -3.82. The van der Waals surface area contributed by atoms with Gasteiger partial charge in [0.25, 0.3) is 15.9 Å². The third-order valence-electron chi connectivity index (χ3n) is 5.69. The van der Waals surface area contributed by atoms with Crippen molar-refractivity contribution < 1.29 is 22.7 Å². The Morgan fingerprint density at radius 2 is 1.91 bits per heavy atom. The van der Waals surface area contributed by atoms with Crippen molar-refractivity contribution in [3.05, 3.63) is 60.3 Å². The number of sulfonamides is 1. The molecule has 0 saturated heterocycles. The molecule has 9 nitrogen and oxygen atoms in total. The summed E-state index contributed by atoms with van der Waals surface area (Å²) in [6.07, 6.45) is 5.92. The smallest absolute Gasteiger partial charge is 0.306 e. The van der Waals surface area contributed by atoms with Crippen molar-refractivity contribution in [1.29, 1.82) is 0 Å². The summed E-state index contributed by atoms with van der Waals surface area (Å²) in [5.74, 6) is -0.590. The van der Waals surface area contributed by atoms with Crippen LogP contribution in [-0.4, -0.2) is 44.3 Å². The maximum Gasteiger partial charge on any atom is 0.306 e. The number of para-hydroxylation sites is 1. The van der Waals surface area contributed by atoms with Crippen LogP contribution in [0.1, 0.15) is 37.7 Å². The maximum atomic E-state index is 12.7. The Labute approximate surface area is 204 Å². The molecule has 10 heteroatoms. The SMILES string of the molecule is O=C(COC(=O)CCc1c[nH]c2ccccc12)Nc1cccc(S(=O)(=O)NC2=NCCCCC2)c1. The first-order chi connectivity index (χ1) is 16.9. The van der Waals surface area contributed by atoms with E-state index in [1.165, 1.54) is 18.2 Å². The number of benzene rings is 2. The Kier molecular flexibility index (Phi) is 7.81. The molecular formula is C25H28N4O5S. The predicted molar refractivity (Wildman–Crippen MR) is 134 cm³/mol. The molecule has 4 rings (SSSR count). The molecule has 0 atom stereocenters. The summed E-state index contributed by atoms with van der Waals surface area (Å²) in [4.78, 5) is 31.9. The molecule has 184 valence electrons. The zero-order valence-corrected chi connectivity index (χ0v) is 20.1. The van der Waals surface area contributed by atoms with E-state index in [1.807, 2.05) is 30.5 Å². The molecule has 3 N–H and O–H groups in total. The van der Waals surface area contributed by atoms with E-state index in [2.05, 4.69) is 20.0 Å². The molecule has 2 heterocycles. The van der Waals surface area contributed by atoms with E-state index >= 15 is 0 Å². The van der Waals surface area contributed by atoms with Crippen molar-refractivity contribution >= 4 is 44.3 Å². The Bertz CT molecular complexity index is 1350. The first-order valence-corrected chi connectivity index (χ1v) is 13.1. The number of anilines is 1. The fourth-order valence-corrected chi connectivity index (χ4v) is 5.04. The molecule has 0 unspecified atom stereocenters. The van der Waals surface area contributed by atoms with Crippen molar-refractivity contribution in [3.8, 4) is 0 Å². The van der Waals surface area contributed by atoms with E-state index in [4.69, 9.17) is 4.74 Å². The quantitative estimate of drug-likeness (QED) is 0.411. The fraction of sp³-hybridized carbons (Fsp3) is 0.320. The number of carbonyl (C=O) groups excluding carboxylic acids is 2. The van der Waals surface area contributed by atoms with Crippen LogP contribution in [0.4, 0.5) is 5.69 Å². The van der Waals surface area contributed by atoms with Gasteiger partial charge in [0.05, 0.1) is 4.90 Å². The minimum atomic E-state index is -3.82. The molecule has 0 fully saturated rings. The molecule has 1 aromatic heterocycles. The van der Waals surface area contributed by atoms with Crippen LogP contribution in [0.2, 0.25) is 0 Å². The van der Waals surface area contributed by atoms with Crippen LogP contribution >= 0.6 is 0 Å². The molecule has 1 aliphatic heterocycles. The molecule has 0 radical (unpaired) electrons. The Hall–Kier alpha value is -3.66. The number of nitrogens with zero attached hydrogens (tertiary/aromatic N) is 1. The second-order valence-corrected chi connectivity index (χ2v) is 10.0. The van der Waals surface area contributed by atoms with Crippen molar-refractivity contribution in [2.24, 2.45) is 4.99 Å². The van der Waals surface area contributed by atoms with Gasteiger partial charge < -0.3 is 15.0 Å². The molecule has 0 bridgehead atoms. The molecule has 2 aromatic carbocycles. The Morgan fingerprint density at radius 3 is 2.80 bits per heavy atom. The number of rotatable bonds is 8. The topological polar surface area (TPSA) is 130 Å². The Balaban J connectivity index is 1.27. The largest absolute Gasteiger partial charge is 0.456 e. The number of H-pyrrole nitrogens is 1. The van der Waals surface area contributed by atoms with Gasteiger partial charge in [0.2, 0.25) is 0 Å². The van der Waals surface area contributed by atoms with Gasteiger partial charge in [0.15, 0.2) is 6.61 Å². The van der Waals surface area contributed by atoms with E-state index in [9.17, 15) is 18.0 Å². The van der Waals surface area contributed by atoms with Gasteiger partial charge >= 0.3 is 5.97 Å². The number of nitrogens with one attached hydrogen (secondary N) is 3. The van der Waals surface area contributed by atoms with E-state index < -0.39 is 28.5 Å². The van der Waals surface area contributed by atoms with E-state index in [-0.39, 0.29) is 17.0 Å². The van der Waals surface area contributed by atoms with Gasteiger partial charge in [0, 0.05) is 42.2 Å². The summed E-state index contributed by atoms with van der Waals surface area (Å²) in [5, 5.41) is 3.62. The number of carbonyl (C=O) groups is 2. The number of amidine groups is 1. The van der Waals surface area contributed by atoms with Crippen molar-refractivity contribution in [3.63, 3.8) is 0 Å². The third-order valence-corrected chi connectivity index (χ3v) is 7.07. The van der Waals surface area contributed by atoms with Gasteiger partial charge in [-0.3, -0.25) is 19.3 Å². The number of fused-ring (bicyclic) bond motifs is 1. The van der Waals surface area contributed by atoms with Crippen LogP contribution in [0.15, 0.2) is 64.6 Å². The number of hydrogen-bond acceptors (Lipinski definition) is 6. The number of esters is 1. The number of hydrogen-bond donors (Lipinski definition) is 3. The Morgan fingerprint density at radius 1 is 1.06 bits per heavy atom. The lowest BCUT2D eigenvalue weighted by Gasteiger charge is -2.11. The van der Waals surface area contributed by atoms with Gasteiger partial charge in [-0.2, -0.15) is 0 Å². The summed E-state index contributed by atoms with van der Waals surface area (Å²) >= 11 is 0. The molecule has 1 amide bonds. The lowest BCUT2D eigenvalue weighted by Crippen LogP contribution is -2.30. The van der Waals surface area contributed by atoms with Gasteiger partial charge in [-0.1, -0.05) is 30.7 Å². The minimum Gasteiger partial charge on any atom is -0.456 e. The second-order valence-electron chi connectivity index (χ2n) is 8.34. The van der Waals surface area contributed by atoms with Crippen LogP contribution in [0.5, 0.6) is 0 Å². The first-order valence-electron chi connectivity index (χ1n) is 11.6. The molecule has 3 aromatic rings. The number of aromatic nitrogens is 1. The number of ether oxygens (including phenoxy) is 1. The van der Waals surface area contributed by atoms with Gasteiger partial charge in [-0.15, -0.1) is 0 Å². The highest BCUT2D eigenvalue weighted by molar-refractivity contribution is 7.90. The molecule has 0 saturated carbocycles. The van der Waals surface area contributed by atoms with Crippen LogP contribution < -0.4 is 10.0 Å². The summed E-state index contributed by atoms with van der Waals surface area (Å²) < 4.78 is 33.1. The van der Waals surface area contributed by atoms with Crippen LogP contribution in [0.3, 0.4) is 0 Å². The highest BCUT2D eigenvalue weighted by atomic mass is 32.2. The zero-order chi connectivity index (χ0) is 24.7. The summed E-state index contributed by atoms with van der Waals surface area (Å²) in [6.45, 7) is 0.146. The molecule has 1 aliphatic rings. The monoisotopic (exact) mass is 496 g/mol. The van der Waals surface area contributed by atoms with Crippen LogP contribution in [0, 0.1) is 0 Å². The van der Waals surface area contributed by atoms with Gasteiger partial charge in [-0.05, 0) is 49.1 Å². The normalized spacial score (nSPS) is 14.1. The molecule has 0 spiro atoms. The van der Waals surface area contributed by atoms with Crippen molar-refractivity contribution in [2.75, 3.05) is 18.5 Å². The first kappa shape index (κ1) is 24.5. The lowest BCUT2D eigenvalue weighted by atomic mass is 10.1. The average Bonchev–Trinajstić information content (AvgIpc) is 3.09. The zero-order valence-electron chi connectivity index (χ0n) is 19.2. The highest BCUT2D eigenvalue weighted by Gasteiger charge is 2.18. The van der Waals surface area contributed by atoms with Gasteiger partial charge in [0.1, 0.15) is 5.84 Å². The third kappa shape index (κ3) is 6.69. The van der Waals surface area contributed by atoms with Crippen LogP contribution in [0.25, 0.3) is 10.9 Å². The molecular weight excluding hydrogens is 468 g/mol. The minimum absolute atomic E-state index is 0.0120. The predicted octanol–water partition coefficient (Wildman–Crippen LogP) is 3.53. The highest BCUT2D eigenvalue weighted by Crippen LogP contribution is 2.19. The number of aryl methyl sites for hydroxylation is 1. The second kappa shape index (κ2) is 11.2. The standard InChI is InChI=1S/C25H28N4O5S/c30-24(17-34-25(31)13-12-18-16-27-22-10-4-3-9-21(18)22)28-19-7-6-8-20(15-19)35(32,33)29-23-11-2-1-5-14-26-23/h3-4,6-10,15-16,27H,1-2,5,11-14,17H2,(H,26,29)(H,28,30). The summed E-state index contributed by atoms with van der Waals surface area (Å²) in [5.41, 5.74) is 2.29. The number of aliphatic imine (C=N–C) groups is 1. The summed E-state index contributed by atoms with van der Waals surface area (Å²) in [6, 6.07) is 13.7. The molecule has 0 aliphatic carbocycles. The van der Waals surface area contributed by atoms with Crippen molar-refractivity contribution in [1.82, 2.24) is 9.71 Å². The fourth-order valence-electron chi connectivity index (χ4n) is 3.90. The number of aromatic amines is 1. The van der Waals surface area contributed by atoms with E-state index in [1.54, 1.807) is 6.07 Å². The van der Waals surface area contributed by atoms with E-state index in [0.717, 1.165) is 35.7 Å². The van der Waals surface area contributed by atoms with Crippen LogP contribution in [-0.2, 0) is 30.8 Å².